The molecule has 0 radical (unpaired) electrons. The zero-order valence-corrected chi connectivity index (χ0v) is 10.0. The number of ether oxygens (including phenoxy) is 1. The van der Waals surface area contributed by atoms with E-state index in [2.05, 4.69) is 4.90 Å². The van der Waals surface area contributed by atoms with Crippen LogP contribution < -0.4 is 10.6 Å². The Labute approximate surface area is 101 Å². The van der Waals surface area contributed by atoms with E-state index < -0.39 is 0 Å². The van der Waals surface area contributed by atoms with Crippen LogP contribution in [0.1, 0.15) is 12.0 Å². The van der Waals surface area contributed by atoms with Crippen molar-refractivity contribution in [3.63, 3.8) is 0 Å². The van der Waals surface area contributed by atoms with Crippen LogP contribution in [0.15, 0.2) is 18.2 Å². The Hall–Kier alpha value is -0.770. The van der Waals surface area contributed by atoms with Crippen LogP contribution in [0.4, 0.5) is 5.69 Å². The van der Waals surface area contributed by atoms with E-state index in [1.165, 1.54) is 0 Å². The average molecular weight is 241 g/mol. The Morgan fingerprint density at radius 3 is 3.00 bits per heavy atom. The number of halogens is 1. The second-order valence-electron chi connectivity index (χ2n) is 3.93. The molecule has 0 unspecified atom stereocenters. The maximum atomic E-state index is 6.04. The molecule has 3 nitrogen and oxygen atoms in total. The van der Waals surface area contributed by atoms with E-state index in [1.54, 1.807) is 0 Å². The van der Waals surface area contributed by atoms with Gasteiger partial charge in [0.15, 0.2) is 0 Å². The summed E-state index contributed by atoms with van der Waals surface area (Å²) in [4.78, 5) is 2.31. The van der Waals surface area contributed by atoms with Crippen LogP contribution in [-0.4, -0.2) is 26.3 Å². The van der Waals surface area contributed by atoms with Crippen LogP contribution in [-0.2, 0) is 11.3 Å². The third-order valence-corrected chi connectivity index (χ3v) is 3.07. The maximum absolute atomic E-state index is 6.04. The van der Waals surface area contributed by atoms with E-state index in [4.69, 9.17) is 22.1 Å². The minimum atomic E-state index is 0.545. The van der Waals surface area contributed by atoms with E-state index >= 15 is 0 Å². The van der Waals surface area contributed by atoms with E-state index in [0.29, 0.717) is 6.54 Å². The van der Waals surface area contributed by atoms with Crippen LogP contribution in [0.5, 0.6) is 0 Å². The summed E-state index contributed by atoms with van der Waals surface area (Å²) >= 11 is 6.04. The summed E-state index contributed by atoms with van der Waals surface area (Å²) in [6, 6.07) is 5.89. The van der Waals surface area contributed by atoms with Crippen LogP contribution in [0, 0.1) is 0 Å². The first-order valence-corrected chi connectivity index (χ1v) is 6.00. The van der Waals surface area contributed by atoms with Gasteiger partial charge in [0.05, 0.1) is 6.61 Å². The van der Waals surface area contributed by atoms with Gasteiger partial charge in [0, 0.05) is 37.0 Å². The second kappa shape index (κ2) is 5.53. The van der Waals surface area contributed by atoms with Crippen molar-refractivity contribution in [2.24, 2.45) is 5.73 Å². The van der Waals surface area contributed by atoms with Crippen LogP contribution in [0.3, 0.4) is 0 Å². The molecule has 1 aromatic carbocycles. The van der Waals surface area contributed by atoms with Gasteiger partial charge in [-0.2, -0.15) is 0 Å². The van der Waals surface area contributed by atoms with Crippen molar-refractivity contribution in [3.8, 4) is 0 Å². The number of nitrogens with zero attached hydrogens (tertiary/aromatic N) is 1. The van der Waals surface area contributed by atoms with Crippen molar-refractivity contribution in [2.45, 2.75) is 13.0 Å². The zero-order chi connectivity index (χ0) is 11.4. The predicted molar refractivity (Wildman–Crippen MR) is 67.0 cm³/mol. The van der Waals surface area contributed by atoms with E-state index in [9.17, 15) is 0 Å². The molecule has 1 aliphatic rings. The first kappa shape index (κ1) is 11.7. The highest BCUT2D eigenvalue weighted by Crippen LogP contribution is 2.25. The minimum absolute atomic E-state index is 0.545. The molecule has 1 saturated heterocycles. The van der Waals surface area contributed by atoms with Crippen molar-refractivity contribution < 1.29 is 4.74 Å². The number of benzene rings is 1. The van der Waals surface area contributed by atoms with Gasteiger partial charge in [0.25, 0.3) is 0 Å². The molecule has 2 rings (SSSR count). The van der Waals surface area contributed by atoms with Gasteiger partial charge < -0.3 is 15.4 Å². The summed E-state index contributed by atoms with van der Waals surface area (Å²) in [7, 11) is 0. The molecule has 0 amide bonds. The fourth-order valence-electron chi connectivity index (χ4n) is 1.99. The summed E-state index contributed by atoms with van der Waals surface area (Å²) in [6.07, 6.45) is 1.05. The van der Waals surface area contributed by atoms with Gasteiger partial charge in [-0.25, -0.2) is 0 Å². The number of hydrogen-bond acceptors (Lipinski definition) is 3. The molecule has 16 heavy (non-hydrogen) atoms. The largest absolute Gasteiger partial charge is 0.380 e. The highest BCUT2D eigenvalue weighted by molar-refractivity contribution is 6.30. The Morgan fingerprint density at radius 2 is 2.19 bits per heavy atom. The number of hydrogen-bond donors (Lipinski definition) is 1. The van der Waals surface area contributed by atoms with Gasteiger partial charge in [-0.05, 0) is 24.1 Å². The van der Waals surface area contributed by atoms with E-state index in [0.717, 1.165) is 49.0 Å². The highest BCUT2D eigenvalue weighted by atomic mass is 35.5. The third kappa shape index (κ3) is 2.67. The van der Waals surface area contributed by atoms with Crippen LogP contribution in [0.25, 0.3) is 0 Å². The number of rotatable bonds is 2. The number of anilines is 1. The van der Waals surface area contributed by atoms with Crippen molar-refractivity contribution in [3.05, 3.63) is 28.8 Å². The fourth-order valence-corrected chi connectivity index (χ4v) is 2.16. The Bertz CT molecular complexity index is 349. The standard InChI is InChI=1S/C12H17ClN2O/c13-11-3-2-10(9-14)12(8-11)15-4-1-6-16-7-5-15/h2-3,8H,1,4-7,9,14H2. The Balaban J connectivity index is 2.25. The highest BCUT2D eigenvalue weighted by Gasteiger charge is 2.13. The topological polar surface area (TPSA) is 38.5 Å². The summed E-state index contributed by atoms with van der Waals surface area (Å²) in [6.45, 7) is 4.08. The molecular formula is C12H17ClN2O. The maximum Gasteiger partial charge on any atom is 0.0641 e. The molecule has 0 aromatic heterocycles. The lowest BCUT2D eigenvalue weighted by Gasteiger charge is -2.24. The monoisotopic (exact) mass is 240 g/mol. The quantitative estimate of drug-likeness (QED) is 0.860. The van der Waals surface area contributed by atoms with Crippen molar-refractivity contribution >= 4 is 17.3 Å². The summed E-state index contributed by atoms with van der Waals surface area (Å²) < 4.78 is 5.44. The molecule has 0 atom stereocenters. The SMILES string of the molecule is NCc1ccc(Cl)cc1N1CCCOCC1. The lowest BCUT2D eigenvalue weighted by molar-refractivity contribution is 0.152. The predicted octanol–water partition coefficient (Wildman–Crippen LogP) is 2.03. The van der Waals surface area contributed by atoms with Crippen molar-refractivity contribution in [2.75, 3.05) is 31.2 Å². The molecule has 1 fully saturated rings. The molecule has 0 bridgehead atoms. The number of nitrogens with two attached hydrogens (primary N) is 1. The molecule has 0 saturated carbocycles. The lowest BCUT2D eigenvalue weighted by atomic mass is 10.1. The van der Waals surface area contributed by atoms with E-state index in [1.807, 2.05) is 18.2 Å². The van der Waals surface area contributed by atoms with Gasteiger partial charge in [-0.15, -0.1) is 0 Å². The van der Waals surface area contributed by atoms with Crippen LogP contribution in [0.2, 0.25) is 5.02 Å². The smallest absolute Gasteiger partial charge is 0.0641 e. The van der Waals surface area contributed by atoms with Gasteiger partial charge in [0.1, 0.15) is 0 Å². The Morgan fingerprint density at radius 1 is 1.31 bits per heavy atom. The molecule has 4 heteroatoms. The molecule has 1 aromatic rings. The molecule has 1 heterocycles. The average Bonchev–Trinajstić information content (AvgIpc) is 2.57. The summed E-state index contributed by atoms with van der Waals surface area (Å²) in [5, 5.41) is 0.761. The molecular weight excluding hydrogens is 224 g/mol. The van der Waals surface area contributed by atoms with Crippen LogP contribution >= 0.6 is 11.6 Å². The second-order valence-corrected chi connectivity index (χ2v) is 4.37. The summed E-state index contributed by atoms with van der Waals surface area (Å²) in [5.74, 6) is 0. The molecule has 88 valence electrons. The molecule has 0 aliphatic carbocycles. The zero-order valence-electron chi connectivity index (χ0n) is 9.29. The Kier molecular flexibility index (Phi) is 4.04. The van der Waals surface area contributed by atoms with Crippen molar-refractivity contribution in [1.82, 2.24) is 0 Å². The van der Waals surface area contributed by atoms with Gasteiger partial charge >= 0.3 is 0 Å². The van der Waals surface area contributed by atoms with E-state index in [-0.39, 0.29) is 0 Å². The summed E-state index contributed by atoms with van der Waals surface area (Å²) in [5.41, 5.74) is 8.04. The first-order chi connectivity index (χ1) is 7.81. The molecule has 2 N–H and O–H groups in total. The van der Waals surface area contributed by atoms with Crippen molar-refractivity contribution in [1.29, 1.82) is 0 Å². The minimum Gasteiger partial charge on any atom is -0.380 e. The van der Waals surface area contributed by atoms with Gasteiger partial charge in [-0.3, -0.25) is 0 Å². The molecule has 1 aliphatic heterocycles. The third-order valence-electron chi connectivity index (χ3n) is 2.83. The van der Waals surface area contributed by atoms with Gasteiger partial charge in [-0.1, -0.05) is 17.7 Å². The normalized spacial score (nSPS) is 17.2. The molecule has 0 spiro atoms. The lowest BCUT2D eigenvalue weighted by Crippen LogP contribution is -2.27. The fraction of sp³-hybridized carbons (Fsp3) is 0.500. The van der Waals surface area contributed by atoms with Gasteiger partial charge in [0.2, 0.25) is 0 Å². The first-order valence-electron chi connectivity index (χ1n) is 5.62.